The number of hydrogen-bond donors (Lipinski definition) is 0. The first-order valence-corrected chi connectivity index (χ1v) is 7.26. The molecule has 0 bridgehead atoms. The predicted molar refractivity (Wildman–Crippen MR) is 88.8 cm³/mol. The van der Waals surface area contributed by atoms with Crippen molar-refractivity contribution in [2.45, 2.75) is 0 Å². The number of benzene rings is 2. The van der Waals surface area contributed by atoms with E-state index in [0.29, 0.717) is 10.4 Å². The summed E-state index contributed by atoms with van der Waals surface area (Å²) in [6.45, 7) is 0. The van der Waals surface area contributed by atoms with Gasteiger partial charge in [-0.05, 0) is 30.3 Å². The number of nitrogens with zero attached hydrogens (tertiary/aromatic N) is 3. The summed E-state index contributed by atoms with van der Waals surface area (Å²) in [5.74, 6) is 0. The van der Waals surface area contributed by atoms with E-state index < -0.39 is 0 Å². The molecule has 0 amide bonds. The van der Waals surface area contributed by atoms with E-state index in [0.717, 1.165) is 22.1 Å². The number of pyridine rings is 1. The van der Waals surface area contributed by atoms with Crippen molar-refractivity contribution in [3.05, 3.63) is 70.1 Å². The van der Waals surface area contributed by atoms with Crippen molar-refractivity contribution in [3.8, 4) is 5.69 Å². The second-order valence-electron chi connectivity index (χ2n) is 5.15. The van der Waals surface area contributed by atoms with E-state index in [1.54, 1.807) is 23.0 Å². The third kappa shape index (κ3) is 1.77. The van der Waals surface area contributed by atoms with Crippen LogP contribution in [-0.4, -0.2) is 14.3 Å². The van der Waals surface area contributed by atoms with Gasteiger partial charge in [0.2, 0.25) is 0 Å². The molecule has 0 aliphatic heterocycles. The van der Waals surface area contributed by atoms with Crippen molar-refractivity contribution in [1.29, 1.82) is 0 Å². The Balaban J connectivity index is 2.15. The Labute approximate surface area is 131 Å². The molecule has 2 aromatic heterocycles. The Morgan fingerprint density at radius 3 is 2.50 bits per heavy atom. The van der Waals surface area contributed by atoms with Crippen LogP contribution in [0.1, 0.15) is 0 Å². The van der Waals surface area contributed by atoms with E-state index in [1.165, 1.54) is 0 Å². The lowest BCUT2D eigenvalue weighted by atomic mass is 10.2. The van der Waals surface area contributed by atoms with Gasteiger partial charge < -0.3 is 0 Å². The van der Waals surface area contributed by atoms with Crippen molar-refractivity contribution in [3.63, 3.8) is 0 Å². The molecule has 0 fully saturated rings. The topological polar surface area (TPSA) is 39.8 Å². The van der Waals surface area contributed by atoms with Crippen molar-refractivity contribution in [1.82, 2.24) is 14.3 Å². The molecule has 108 valence electrons. The number of halogens is 1. The Bertz CT molecular complexity index is 1060. The smallest absolute Gasteiger partial charge is 0.280 e. The molecule has 0 saturated carbocycles. The Kier molecular flexibility index (Phi) is 2.81. The number of fused-ring (bicyclic) bond motifs is 3. The van der Waals surface area contributed by atoms with Crippen LogP contribution in [0.3, 0.4) is 0 Å². The molecule has 22 heavy (non-hydrogen) atoms. The highest BCUT2D eigenvalue weighted by Gasteiger charge is 2.15. The van der Waals surface area contributed by atoms with Gasteiger partial charge in [0.25, 0.3) is 5.56 Å². The lowest BCUT2D eigenvalue weighted by Crippen LogP contribution is -2.19. The number of aryl methyl sites for hydroxylation is 1. The van der Waals surface area contributed by atoms with Crippen LogP contribution < -0.4 is 5.56 Å². The van der Waals surface area contributed by atoms with Gasteiger partial charge in [-0.2, -0.15) is 0 Å². The van der Waals surface area contributed by atoms with Crippen LogP contribution in [0.4, 0.5) is 0 Å². The zero-order valence-corrected chi connectivity index (χ0v) is 12.6. The maximum absolute atomic E-state index is 12.7. The zero-order valence-electron chi connectivity index (χ0n) is 11.8. The third-order valence-electron chi connectivity index (χ3n) is 3.86. The minimum absolute atomic E-state index is 0.0851. The first-order chi connectivity index (χ1) is 10.7. The highest BCUT2D eigenvalue weighted by atomic mass is 35.5. The molecule has 4 rings (SSSR count). The summed E-state index contributed by atoms with van der Waals surface area (Å²) in [6.07, 6.45) is 1.65. The van der Waals surface area contributed by atoms with E-state index in [4.69, 9.17) is 11.6 Å². The molecule has 0 aliphatic carbocycles. The average molecular weight is 310 g/mol. The van der Waals surface area contributed by atoms with E-state index >= 15 is 0 Å². The first-order valence-electron chi connectivity index (χ1n) is 6.88. The molecule has 2 aromatic carbocycles. The molecule has 0 N–H and O–H groups in total. The lowest BCUT2D eigenvalue weighted by Gasteiger charge is -2.08. The van der Waals surface area contributed by atoms with Crippen molar-refractivity contribution in [2.75, 3.05) is 0 Å². The Morgan fingerprint density at radius 2 is 1.73 bits per heavy atom. The molecule has 0 spiro atoms. The molecular formula is C17H12ClN3O. The fourth-order valence-corrected chi connectivity index (χ4v) is 2.98. The molecule has 0 saturated heterocycles. The van der Waals surface area contributed by atoms with Crippen LogP contribution in [0.5, 0.6) is 0 Å². The van der Waals surface area contributed by atoms with Gasteiger partial charge in [0, 0.05) is 23.7 Å². The monoisotopic (exact) mass is 309 g/mol. The fraction of sp³-hybridized carbons (Fsp3) is 0.0588. The number of rotatable bonds is 1. The number of para-hydroxylation sites is 1. The number of hydrogen-bond acceptors (Lipinski definition) is 2. The molecule has 4 nitrogen and oxygen atoms in total. The van der Waals surface area contributed by atoms with Crippen LogP contribution >= 0.6 is 11.6 Å². The van der Waals surface area contributed by atoms with Gasteiger partial charge in [0.1, 0.15) is 0 Å². The van der Waals surface area contributed by atoms with Crippen LogP contribution in [-0.2, 0) is 7.05 Å². The normalized spacial score (nSPS) is 11.4. The van der Waals surface area contributed by atoms with E-state index in [-0.39, 0.29) is 5.56 Å². The summed E-state index contributed by atoms with van der Waals surface area (Å²) in [6, 6.07) is 15.0. The standard InChI is InChI=1S/C17H12ClN3O/c1-20-16-13-4-2-3-5-15(13)19-10-14(16)17(22)21(20)12-8-6-11(18)7-9-12/h2-10H,1H3. The quantitative estimate of drug-likeness (QED) is 0.539. The highest BCUT2D eigenvalue weighted by Crippen LogP contribution is 2.23. The summed E-state index contributed by atoms with van der Waals surface area (Å²) in [5.41, 5.74) is 2.44. The second-order valence-corrected chi connectivity index (χ2v) is 5.59. The third-order valence-corrected chi connectivity index (χ3v) is 4.12. The average Bonchev–Trinajstić information content (AvgIpc) is 2.80. The van der Waals surface area contributed by atoms with Gasteiger partial charge in [0.15, 0.2) is 0 Å². The first kappa shape index (κ1) is 13.1. The predicted octanol–water partition coefficient (Wildman–Crippen LogP) is 3.53. The van der Waals surface area contributed by atoms with Gasteiger partial charge in [-0.15, -0.1) is 0 Å². The second kappa shape index (κ2) is 4.71. The summed E-state index contributed by atoms with van der Waals surface area (Å²) < 4.78 is 3.50. The lowest BCUT2D eigenvalue weighted by molar-refractivity contribution is 0.667. The van der Waals surface area contributed by atoms with Gasteiger partial charge in [-0.3, -0.25) is 14.5 Å². The molecular weight excluding hydrogens is 298 g/mol. The van der Waals surface area contributed by atoms with Crippen LogP contribution in [0.25, 0.3) is 27.5 Å². The summed E-state index contributed by atoms with van der Waals surface area (Å²) in [4.78, 5) is 17.1. The largest absolute Gasteiger partial charge is 0.280 e. The van der Waals surface area contributed by atoms with Gasteiger partial charge in [-0.1, -0.05) is 29.8 Å². The van der Waals surface area contributed by atoms with Crippen molar-refractivity contribution in [2.24, 2.45) is 7.05 Å². The van der Waals surface area contributed by atoms with Gasteiger partial charge in [0.05, 0.1) is 22.1 Å². The maximum atomic E-state index is 12.7. The number of aromatic nitrogens is 3. The van der Waals surface area contributed by atoms with Gasteiger partial charge >= 0.3 is 0 Å². The fourth-order valence-electron chi connectivity index (χ4n) is 2.86. The Morgan fingerprint density at radius 1 is 1.00 bits per heavy atom. The van der Waals surface area contributed by atoms with Crippen molar-refractivity contribution >= 4 is 33.4 Å². The summed E-state index contributed by atoms with van der Waals surface area (Å²) >= 11 is 5.93. The summed E-state index contributed by atoms with van der Waals surface area (Å²) in [5, 5.41) is 2.21. The minimum atomic E-state index is -0.0851. The van der Waals surface area contributed by atoms with E-state index in [2.05, 4.69) is 4.98 Å². The van der Waals surface area contributed by atoms with Gasteiger partial charge in [-0.25, -0.2) is 4.68 Å². The van der Waals surface area contributed by atoms with Crippen LogP contribution in [0, 0.1) is 0 Å². The zero-order chi connectivity index (χ0) is 15.3. The molecule has 4 aromatic rings. The Hall–Kier alpha value is -2.59. The van der Waals surface area contributed by atoms with Crippen LogP contribution in [0.15, 0.2) is 59.5 Å². The molecule has 0 radical (unpaired) electrons. The summed E-state index contributed by atoms with van der Waals surface area (Å²) in [7, 11) is 1.88. The van der Waals surface area contributed by atoms with Crippen molar-refractivity contribution < 1.29 is 0 Å². The minimum Gasteiger partial charge on any atom is -0.280 e. The molecule has 5 heteroatoms. The maximum Gasteiger partial charge on any atom is 0.280 e. The molecule has 0 atom stereocenters. The molecule has 2 heterocycles. The van der Waals surface area contributed by atoms with Crippen LogP contribution in [0.2, 0.25) is 5.02 Å². The van der Waals surface area contributed by atoms with E-state index in [9.17, 15) is 4.79 Å². The SMILES string of the molecule is Cn1c2c(cnc3ccccc32)c(=O)n1-c1ccc(Cl)cc1. The molecule has 0 aliphatic rings. The highest BCUT2D eigenvalue weighted by molar-refractivity contribution is 6.30. The van der Waals surface area contributed by atoms with E-state index in [1.807, 2.05) is 48.1 Å². The molecule has 0 unspecified atom stereocenters.